The largest absolute Gasteiger partial charge is 0.492 e. The Labute approximate surface area is 128 Å². The van der Waals surface area contributed by atoms with Gasteiger partial charge in [0.15, 0.2) is 0 Å². The molecule has 0 bridgehead atoms. The normalized spacial score (nSPS) is 13.7. The first-order chi connectivity index (χ1) is 10.3. The van der Waals surface area contributed by atoms with Crippen LogP contribution in [0.2, 0.25) is 0 Å². The van der Waals surface area contributed by atoms with Crippen LogP contribution in [0.5, 0.6) is 5.75 Å². The Morgan fingerprint density at radius 3 is 2.76 bits per heavy atom. The second kappa shape index (κ2) is 6.06. The lowest BCUT2D eigenvalue weighted by Crippen LogP contribution is -2.11. The van der Waals surface area contributed by atoms with Crippen molar-refractivity contribution < 1.29 is 4.74 Å². The molecule has 1 aromatic carbocycles. The zero-order valence-corrected chi connectivity index (χ0v) is 12.5. The number of nitrogens with one attached hydrogen (secondary N) is 1. The summed E-state index contributed by atoms with van der Waals surface area (Å²) >= 11 is 1.45. The lowest BCUT2D eigenvalue weighted by molar-refractivity contribution is 0.333. The number of thiophene rings is 1. The first-order valence-corrected chi connectivity index (χ1v) is 7.85. The fraction of sp³-hybridized carbons (Fsp3) is 0.312. The molecule has 0 amide bonds. The average molecular weight is 299 g/mol. The summed E-state index contributed by atoms with van der Waals surface area (Å²) in [5, 5.41) is 13.5. The van der Waals surface area contributed by atoms with E-state index in [4.69, 9.17) is 15.7 Å². The monoisotopic (exact) mass is 299 g/mol. The molecule has 0 atom stereocenters. The van der Waals surface area contributed by atoms with Gasteiger partial charge in [0.05, 0.1) is 10.7 Å². The molecule has 0 aliphatic heterocycles. The van der Waals surface area contributed by atoms with Crippen molar-refractivity contribution in [3.63, 3.8) is 0 Å². The van der Waals surface area contributed by atoms with Gasteiger partial charge in [-0.15, -0.1) is 11.3 Å². The minimum absolute atomic E-state index is 0.529. The molecular formula is C16H17N3OS. The van der Waals surface area contributed by atoms with E-state index < -0.39 is 0 Å². The summed E-state index contributed by atoms with van der Waals surface area (Å²) in [5.74, 6) is 1.39. The highest BCUT2D eigenvalue weighted by Crippen LogP contribution is 2.50. The zero-order chi connectivity index (χ0) is 14.7. The maximum atomic E-state index is 9.11. The van der Waals surface area contributed by atoms with Crippen molar-refractivity contribution in [2.24, 2.45) is 0 Å². The molecule has 1 aliphatic rings. The van der Waals surface area contributed by atoms with Crippen LogP contribution in [0.3, 0.4) is 0 Å². The van der Waals surface area contributed by atoms with Gasteiger partial charge in [-0.2, -0.15) is 5.26 Å². The number of rotatable bonds is 6. The van der Waals surface area contributed by atoms with E-state index >= 15 is 0 Å². The lowest BCUT2D eigenvalue weighted by atomic mass is 10.1. The average Bonchev–Trinajstić information content (AvgIpc) is 3.29. The SMILES string of the molecule is N#Cc1sc(NCCOc2ccccc2)c(C2CC2)c1N. The molecule has 1 aliphatic carbocycles. The van der Waals surface area contributed by atoms with Crippen molar-refractivity contribution in [2.45, 2.75) is 18.8 Å². The van der Waals surface area contributed by atoms with E-state index in [1.807, 2.05) is 30.3 Å². The second-order valence-electron chi connectivity index (χ2n) is 5.06. The van der Waals surface area contributed by atoms with Crippen molar-refractivity contribution >= 4 is 22.0 Å². The fourth-order valence-corrected chi connectivity index (χ4v) is 3.33. The number of ether oxygens (including phenoxy) is 1. The summed E-state index contributed by atoms with van der Waals surface area (Å²) < 4.78 is 5.65. The first-order valence-electron chi connectivity index (χ1n) is 7.03. The number of hydrogen-bond donors (Lipinski definition) is 2. The van der Waals surface area contributed by atoms with Crippen molar-refractivity contribution in [2.75, 3.05) is 24.2 Å². The van der Waals surface area contributed by atoms with Gasteiger partial charge in [-0.25, -0.2) is 0 Å². The predicted octanol–water partition coefficient (Wildman–Crippen LogP) is 3.57. The summed E-state index contributed by atoms with van der Waals surface area (Å²) in [6.45, 7) is 1.27. The number of para-hydroxylation sites is 1. The van der Waals surface area contributed by atoms with Crippen molar-refractivity contribution in [3.05, 3.63) is 40.8 Å². The number of nitriles is 1. The van der Waals surface area contributed by atoms with Gasteiger partial charge < -0.3 is 15.8 Å². The standard InChI is InChI=1S/C16H17N3OS/c17-10-13-15(18)14(11-6-7-11)16(21-13)19-8-9-20-12-4-2-1-3-5-12/h1-5,11,19H,6-9,18H2. The summed E-state index contributed by atoms with van der Waals surface area (Å²) in [5.41, 5.74) is 7.87. The number of nitrogen functional groups attached to an aromatic ring is 1. The predicted molar refractivity (Wildman–Crippen MR) is 85.8 cm³/mol. The lowest BCUT2D eigenvalue weighted by Gasteiger charge is -2.09. The summed E-state index contributed by atoms with van der Waals surface area (Å²) in [6.07, 6.45) is 2.34. The molecule has 1 aromatic heterocycles. The quantitative estimate of drug-likeness (QED) is 0.800. The maximum Gasteiger partial charge on any atom is 0.130 e. The number of benzene rings is 1. The van der Waals surface area contributed by atoms with Crippen LogP contribution in [0.4, 0.5) is 10.7 Å². The molecule has 108 valence electrons. The van der Waals surface area contributed by atoms with E-state index in [0.29, 0.717) is 29.6 Å². The van der Waals surface area contributed by atoms with Gasteiger partial charge >= 0.3 is 0 Å². The topological polar surface area (TPSA) is 71.1 Å². The van der Waals surface area contributed by atoms with Gasteiger partial charge in [0, 0.05) is 12.1 Å². The van der Waals surface area contributed by atoms with Crippen LogP contribution in [0.25, 0.3) is 0 Å². The van der Waals surface area contributed by atoms with E-state index in [2.05, 4.69) is 11.4 Å². The molecular weight excluding hydrogens is 282 g/mol. The number of nitrogens with zero attached hydrogens (tertiary/aromatic N) is 1. The van der Waals surface area contributed by atoms with Crippen LogP contribution in [0.15, 0.2) is 30.3 Å². The molecule has 0 unspecified atom stereocenters. The van der Waals surface area contributed by atoms with Crippen LogP contribution in [-0.4, -0.2) is 13.2 Å². The van der Waals surface area contributed by atoms with E-state index in [-0.39, 0.29) is 0 Å². The Kier molecular flexibility index (Phi) is 3.98. The fourth-order valence-electron chi connectivity index (χ4n) is 2.30. The van der Waals surface area contributed by atoms with Crippen molar-refractivity contribution in [1.82, 2.24) is 0 Å². The highest BCUT2D eigenvalue weighted by Gasteiger charge is 2.31. The van der Waals surface area contributed by atoms with Gasteiger partial charge in [0.25, 0.3) is 0 Å². The van der Waals surface area contributed by atoms with Crippen LogP contribution >= 0.6 is 11.3 Å². The molecule has 4 nitrogen and oxygen atoms in total. The maximum absolute atomic E-state index is 9.11. The van der Waals surface area contributed by atoms with E-state index in [9.17, 15) is 0 Å². The summed E-state index contributed by atoms with van der Waals surface area (Å²) in [4.78, 5) is 0.614. The third-order valence-electron chi connectivity index (χ3n) is 3.47. The van der Waals surface area contributed by atoms with Gasteiger partial charge in [-0.3, -0.25) is 0 Å². The van der Waals surface area contributed by atoms with E-state index in [0.717, 1.165) is 16.3 Å². The Hall–Kier alpha value is -2.19. The smallest absolute Gasteiger partial charge is 0.130 e. The Bertz CT molecular complexity index is 656. The molecule has 0 spiro atoms. The van der Waals surface area contributed by atoms with Gasteiger partial charge in [0.2, 0.25) is 0 Å². The minimum Gasteiger partial charge on any atom is -0.492 e. The Balaban J connectivity index is 1.59. The van der Waals surface area contributed by atoms with Crippen LogP contribution in [-0.2, 0) is 0 Å². The number of hydrogen-bond acceptors (Lipinski definition) is 5. The van der Waals surface area contributed by atoms with Crippen LogP contribution in [0.1, 0.15) is 29.2 Å². The molecule has 1 fully saturated rings. The summed E-state index contributed by atoms with van der Waals surface area (Å²) in [6, 6.07) is 11.9. The molecule has 3 rings (SSSR count). The third-order valence-corrected chi connectivity index (χ3v) is 4.55. The van der Waals surface area contributed by atoms with E-state index in [1.54, 1.807) is 0 Å². The second-order valence-corrected chi connectivity index (χ2v) is 6.08. The minimum atomic E-state index is 0.529. The molecule has 0 saturated heterocycles. The molecule has 5 heteroatoms. The van der Waals surface area contributed by atoms with Crippen molar-refractivity contribution in [3.8, 4) is 11.8 Å². The van der Waals surface area contributed by atoms with Gasteiger partial charge in [-0.1, -0.05) is 18.2 Å². The molecule has 1 saturated carbocycles. The Morgan fingerprint density at radius 1 is 1.33 bits per heavy atom. The molecule has 2 aromatic rings. The summed E-state index contributed by atoms with van der Waals surface area (Å²) in [7, 11) is 0. The first kappa shape index (κ1) is 13.8. The molecule has 21 heavy (non-hydrogen) atoms. The van der Waals surface area contributed by atoms with E-state index in [1.165, 1.54) is 24.2 Å². The van der Waals surface area contributed by atoms with Crippen LogP contribution < -0.4 is 15.8 Å². The zero-order valence-electron chi connectivity index (χ0n) is 11.6. The van der Waals surface area contributed by atoms with Gasteiger partial charge in [0.1, 0.15) is 23.3 Å². The molecule has 1 heterocycles. The number of anilines is 2. The number of nitrogens with two attached hydrogens (primary N) is 1. The Morgan fingerprint density at radius 2 is 2.10 bits per heavy atom. The van der Waals surface area contributed by atoms with Gasteiger partial charge in [-0.05, 0) is 30.9 Å². The molecule has 0 radical (unpaired) electrons. The van der Waals surface area contributed by atoms with Crippen LogP contribution in [0, 0.1) is 11.3 Å². The molecule has 3 N–H and O–H groups in total. The highest BCUT2D eigenvalue weighted by molar-refractivity contribution is 7.17. The van der Waals surface area contributed by atoms with Crippen molar-refractivity contribution in [1.29, 1.82) is 5.26 Å². The third kappa shape index (κ3) is 3.11. The highest BCUT2D eigenvalue weighted by atomic mass is 32.1.